The Morgan fingerprint density at radius 3 is 2.48 bits per heavy atom. The largest absolute Gasteiger partial charge is 0.344 e. The van der Waals surface area contributed by atoms with Gasteiger partial charge in [-0.1, -0.05) is 36.2 Å². The van der Waals surface area contributed by atoms with Gasteiger partial charge >= 0.3 is 5.69 Å². The zero-order valence-electron chi connectivity index (χ0n) is 16.4. The zero-order valence-corrected chi connectivity index (χ0v) is 17.9. The first-order valence-corrected chi connectivity index (χ1v) is 9.95. The molecular weight excluding hydrogens is 413 g/mol. The van der Waals surface area contributed by atoms with Crippen molar-refractivity contribution in [1.29, 1.82) is 0 Å². The van der Waals surface area contributed by atoms with E-state index in [0.29, 0.717) is 27.8 Å². The van der Waals surface area contributed by atoms with Gasteiger partial charge in [0.15, 0.2) is 0 Å². The number of hydrogen-bond acceptors (Lipinski definition) is 3. The van der Waals surface area contributed by atoms with E-state index in [0.717, 1.165) is 16.6 Å². The van der Waals surface area contributed by atoms with Crippen LogP contribution in [0.4, 0.5) is 0 Å². The van der Waals surface area contributed by atoms with Crippen molar-refractivity contribution >= 4 is 40.0 Å². The Morgan fingerprint density at radius 2 is 1.83 bits per heavy atom. The van der Waals surface area contributed by atoms with E-state index in [1.54, 1.807) is 42.3 Å². The molecule has 0 aliphatic rings. The van der Waals surface area contributed by atoms with E-state index in [-0.39, 0.29) is 17.8 Å². The summed E-state index contributed by atoms with van der Waals surface area (Å²) in [6.07, 6.45) is 0.797. The number of nitrogens with zero attached hydrogens (tertiary/aromatic N) is 3. The van der Waals surface area contributed by atoms with Gasteiger partial charge in [0.1, 0.15) is 6.54 Å². The number of benzene rings is 2. The minimum absolute atomic E-state index is 0.202. The van der Waals surface area contributed by atoms with Gasteiger partial charge < -0.3 is 4.90 Å². The van der Waals surface area contributed by atoms with Crippen molar-refractivity contribution in [3.05, 3.63) is 72.8 Å². The van der Waals surface area contributed by atoms with Crippen molar-refractivity contribution in [2.45, 2.75) is 26.8 Å². The third kappa shape index (κ3) is 4.09. The van der Waals surface area contributed by atoms with Crippen LogP contribution in [0.2, 0.25) is 10.0 Å². The number of hydrogen-bond donors (Lipinski definition) is 0. The quantitative estimate of drug-likeness (QED) is 0.616. The van der Waals surface area contributed by atoms with Gasteiger partial charge in [0.05, 0.1) is 16.6 Å². The number of aromatic nitrogens is 2. The molecule has 0 fully saturated rings. The van der Waals surface area contributed by atoms with E-state index in [9.17, 15) is 14.4 Å². The molecule has 152 valence electrons. The van der Waals surface area contributed by atoms with Crippen molar-refractivity contribution in [2.24, 2.45) is 0 Å². The van der Waals surface area contributed by atoms with Gasteiger partial charge in [-0.05, 0) is 49.2 Å². The molecule has 0 unspecified atom stereocenters. The summed E-state index contributed by atoms with van der Waals surface area (Å²) in [5.41, 5.74) is 0.374. The highest BCUT2D eigenvalue weighted by molar-refractivity contribution is 6.31. The Hall–Kier alpha value is -2.57. The first kappa shape index (κ1) is 21.1. The number of likely N-dealkylation sites (N-methyl/N-ethyl adjacent to an activating group) is 1. The molecule has 0 N–H and O–H groups in total. The number of halogens is 2. The van der Waals surface area contributed by atoms with Crippen LogP contribution in [-0.2, 0) is 11.3 Å². The summed E-state index contributed by atoms with van der Waals surface area (Å²) < 4.78 is 2.32. The van der Waals surface area contributed by atoms with Crippen LogP contribution in [0, 0.1) is 6.92 Å². The standard InChI is InChI=1S/C21H21Cl2N3O3/c1-4-9-24(3)19(27)12-25-18-10-14(22)6-8-16(18)20(28)26(21(25)29)15-7-5-13(2)17(23)11-15/h5-8,10-11H,4,9,12H2,1-3H3. The third-order valence-corrected chi connectivity index (χ3v) is 5.44. The van der Waals surface area contributed by atoms with Crippen LogP contribution in [0.15, 0.2) is 46.0 Å². The Balaban J connectivity index is 2.30. The van der Waals surface area contributed by atoms with Crippen molar-refractivity contribution in [3.8, 4) is 5.69 Å². The highest BCUT2D eigenvalue weighted by atomic mass is 35.5. The SMILES string of the molecule is CCCN(C)C(=O)Cn1c(=O)n(-c2ccc(C)c(Cl)c2)c(=O)c2ccc(Cl)cc21. The van der Waals surface area contributed by atoms with Gasteiger partial charge in [0.25, 0.3) is 5.56 Å². The number of amides is 1. The second-order valence-corrected chi connectivity index (χ2v) is 7.76. The number of aryl methyl sites for hydroxylation is 1. The maximum absolute atomic E-state index is 13.3. The zero-order chi connectivity index (χ0) is 21.3. The molecule has 0 bridgehead atoms. The average molecular weight is 434 g/mol. The van der Waals surface area contributed by atoms with Gasteiger partial charge in [0, 0.05) is 23.6 Å². The van der Waals surface area contributed by atoms with Crippen molar-refractivity contribution in [2.75, 3.05) is 13.6 Å². The maximum atomic E-state index is 13.3. The lowest BCUT2D eigenvalue weighted by molar-refractivity contribution is -0.130. The molecule has 1 aromatic heterocycles. The Morgan fingerprint density at radius 1 is 1.10 bits per heavy atom. The Bertz CT molecular complexity index is 1210. The molecule has 0 saturated heterocycles. The second-order valence-electron chi connectivity index (χ2n) is 6.92. The molecule has 3 aromatic rings. The van der Waals surface area contributed by atoms with Crippen LogP contribution in [0.3, 0.4) is 0 Å². The summed E-state index contributed by atoms with van der Waals surface area (Å²) in [6.45, 7) is 4.16. The van der Waals surface area contributed by atoms with Crippen LogP contribution in [0.1, 0.15) is 18.9 Å². The van der Waals surface area contributed by atoms with Crippen LogP contribution in [0.5, 0.6) is 0 Å². The predicted molar refractivity (Wildman–Crippen MR) is 116 cm³/mol. The van der Waals surface area contributed by atoms with Gasteiger partial charge in [-0.25, -0.2) is 9.36 Å². The molecule has 0 aliphatic carbocycles. The first-order valence-electron chi connectivity index (χ1n) is 9.20. The van der Waals surface area contributed by atoms with E-state index < -0.39 is 11.2 Å². The summed E-state index contributed by atoms with van der Waals surface area (Å²) in [6, 6.07) is 9.62. The monoisotopic (exact) mass is 433 g/mol. The summed E-state index contributed by atoms with van der Waals surface area (Å²) in [5, 5.41) is 1.10. The lowest BCUT2D eigenvalue weighted by Gasteiger charge is -2.19. The predicted octanol–water partition coefficient (Wildman–Crippen LogP) is 3.64. The minimum Gasteiger partial charge on any atom is -0.344 e. The number of rotatable bonds is 5. The molecule has 0 aliphatic heterocycles. The molecule has 0 saturated carbocycles. The molecule has 8 heteroatoms. The molecule has 0 atom stereocenters. The fraction of sp³-hybridized carbons (Fsp3) is 0.286. The molecule has 6 nitrogen and oxygen atoms in total. The lowest BCUT2D eigenvalue weighted by atomic mass is 10.2. The maximum Gasteiger partial charge on any atom is 0.336 e. The Kier molecular flexibility index (Phi) is 6.15. The summed E-state index contributed by atoms with van der Waals surface area (Å²) in [7, 11) is 1.68. The molecule has 29 heavy (non-hydrogen) atoms. The molecule has 0 radical (unpaired) electrons. The van der Waals surface area contributed by atoms with Crippen LogP contribution in [-0.4, -0.2) is 33.5 Å². The molecule has 1 amide bonds. The number of fused-ring (bicyclic) bond motifs is 1. The molecule has 1 heterocycles. The lowest BCUT2D eigenvalue weighted by Crippen LogP contribution is -2.42. The van der Waals surface area contributed by atoms with E-state index in [1.165, 1.54) is 10.6 Å². The van der Waals surface area contributed by atoms with Gasteiger partial charge in [-0.2, -0.15) is 0 Å². The van der Waals surface area contributed by atoms with Crippen LogP contribution < -0.4 is 11.2 Å². The van der Waals surface area contributed by atoms with E-state index in [4.69, 9.17) is 23.2 Å². The van der Waals surface area contributed by atoms with Crippen LogP contribution in [0.25, 0.3) is 16.6 Å². The third-order valence-electron chi connectivity index (χ3n) is 4.80. The second kappa shape index (κ2) is 8.43. The number of carbonyl (C=O) groups is 1. The topological polar surface area (TPSA) is 64.3 Å². The highest BCUT2D eigenvalue weighted by Crippen LogP contribution is 2.20. The molecular formula is C21H21Cl2N3O3. The summed E-state index contributed by atoms with van der Waals surface area (Å²) >= 11 is 12.3. The summed E-state index contributed by atoms with van der Waals surface area (Å²) in [4.78, 5) is 40.6. The van der Waals surface area contributed by atoms with Gasteiger partial charge in [0.2, 0.25) is 5.91 Å². The fourth-order valence-electron chi connectivity index (χ4n) is 3.16. The van der Waals surface area contributed by atoms with Crippen molar-refractivity contribution in [3.63, 3.8) is 0 Å². The first-order chi connectivity index (χ1) is 13.7. The van der Waals surface area contributed by atoms with E-state index in [1.807, 2.05) is 13.8 Å². The highest BCUT2D eigenvalue weighted by Gasteiger charge is 2.18. The normalized spacial score (nSPS) is 11.1. The van der Waals surface area contributed by atoms with Gasteiger partial charge in [-0.3, -0.25) is 14.2 Å². The van der Waals surface area contributed by atoms with Crippen LogP contribution >= 0.6 is 23.2 Å². The van der Waals surface area contributed by atoms with Gasteiger partial charge in [-0.15, -0.1) is 0 Å². The van der Waals surface area contributed by atoms with E-state index in [2.05, 4.69) is 0 Å². The minimum atomic E-state index is -0.622. The smallest absolute Gasteiger partial charge is 0.336 e. The molecule has 2 aromatic carbocycles. The molecule has 0 spiro atoms. The fourth-order valence-corrected chi connectivity index (χ4v) is 3.50. The van der Waals surface area contributed by atoms with E-state index >= 15 is 0 Å². The molecule has 3 rings (SSSR count). The summed E-state index contributed by atoms with van der Waals surface area (Å²) in [5.74, 6) is -0.234. The Labute approximate surface area is 177 Å². The number of carbonyl (C=O) groups excluding carboxylic acids is 1. The van der Waals surface area contributed by atoms with Crippen molar-refractivity contribution in [1.82, 2.24) is 14.0 Å². The average Bonchev–Trinajstić information content (AvgIpc) is 2.67. The van der Waals surface area contributed by atoms with Crippen molar-refractivity contribution < 1.29 is 4.79 Å².